The van der Waals surface area contributed by atoms with Crippen LogP contribution in [-0.2, 0) is 0 Å². The fourth-order valence-electron chi connectivity index (χ4n) is 6.38. The van der Waals surface area contributed by atoms with Crippen molar-refractivity contribution < 1.29 is 12.6 Å². The quantitative estimate of drug-likeness (QED) is 0.204. The molecule has 0 fully saturated rings. The lowest BCUT2D eigenvalue weighted by molar-refractivity contribution is 0.669. The van der Waals surface area contributed by atoms with Crippen LogP contribution in [0, 0.1) is 0 Å². The van der Waals surface area contributed by atoms with Crippen LogP contribution in [0.15, 0.2) is 150 Å². The third-order valence-electron chi connectivity index (χ3n) is 8.14. The van der Waals surface area contributed by atoms with Gasteiger partial charge >= 0.3 is 0 Å². The van der Waals surface area contributed by atoms with E-state index in [1.165, 1.54) is 16.3 Å². The highest BCUT2D eigenvalue weighted by atomic mass is 16.3. The van der Waals surface area contributed by atoms with Crippen LogP contribution >= 0.6 is 0 Å². The molecule has 0 N–H and O–H groups in total. The van der Waals surface area contributed by atoms with Gasteiger partial charge in [-0.3, -0.25) is 0 Å². The first kappa shape index (κ1) is 17.3. The number of fused-ring (bicyclic) bond motifs is 7. The molecule has 41 heavy (non-hydrogen) atoms. The van der Waals surface area contributed by atoms with Gasteiger partial charge in [0.25, 0.3) is 0 Å². The summed E-state index contributed by atoms with van der Waals surface area (Å²) >= 11 is 0. The number of hydrogen-bond donors (Lipinski definition) is 0. The SMILES string of the molecule is [2H]c1c([2H])c([2H])c2c([2H])c3c(oc4ccc(-c5c6ccccc6c(-c6cccc7ccccc67)c6ccccc56)cc43)c([2H])c2c1[2H]. The summed E-state index contributed by atoms with van der Waals surface area (Å²) in [6, 6.07) is 35.8. The Morgan fingerprint density at radius 3 is 1.78 bits per heavy atom. The Bertz CT molecular complexity index is 2750. The summed E-state index contributed by atoms with van der Waals surface area (Å²) in [5.41, 5.74) is 4.91. The molecule has 0 unspecified atom stereocenters. The van der Waals surface area contributed by atoms with E-state index >= 15 is 0 Å². The van der Waals surface area contributed by atoms with Crippen molar-refractivity contribution in [3.8, 4) is 22.3 Å². The fourth-order valence-corrected chi connectivity index (χ4v) is 6.38. The molecular formula is C40H24O. The maximum absolute atomic E-state index is 9.17. The standard InChI is InChI=1S/C40H24O/c1-2-12-27-24-38-36(22-26(27)11-1)35-23-28(20-21-37(35)41-38)39-31-15-5-7-17-33(31)40(34-18-8-6-16-32(34)39)30-19-9-13-25-10-3-4-14-29(25)30/h1-24H/i1D,2D,11D,12D,22D,24D. The van der Waals surface area contributed by atoms with Crippen LogP contribution in [0.3, 0.4) is 0 Å². The molecule has 8 aromatic carbocycles. The van der Waals surface area contributed by atoms with Crippen LogP contribution in [0.2, 0.25) is 0 Å². The summed E-state index contributed by atoms with van der Waals surface area (Å²) in [6.45, 7) is 0. The van der Waals surface area contributed by atoms with Crippen molar-refractivity contribution in [3.63, 3.8) is 0 Å². The van der Waals surface area contributed by atoms with Crippen LogP contribution in [0.25, 0.3) is 87.3 Å². The van der Waals surface area contributed by atoms with E-state index in [0.29, 0.717) is 16.4 Å². The average Bonchev–Trinajstić information content (AvgIpc) is 3.49. The predicted octanol–water partition coefficient (Wildman–Crippen LogP) is 11.5. The fraction of sp³-hybridized carbons (Fsp3) is 0. The average molecular weight is 527 g/mol. The molecule has 0 saturated carbocycles. The maximum Gasteiger partial charge on any atom is 0.136 e. The Morgan fingerprint density at radius 1 is 0.439 bits per heavy atom. The van der Waals surface area contributed by atoms with Crippen LogP contribution in [0.5, 0.6) is 0 Å². The zero-order chi connectivity index (χ0) is 32.1. The van der Waals surface area contributed by atoms with Gasteiger partial charge in [-0.05, 0) is 89.6 Å². The van der Waals surface area contributed by atoms with E-state index in [-0.39, 0.29) is 40.5 Å². The van der Waals surface area contributed by atoms with Crippen molar-refractivity contribution in [3.05, 3.63) is 145 Å². The Hall–Kier alpha value is -5.40. The minimum atomic E-state index is -0.432. The lowest BCUT2D eigenvalue weighted by Gasteiger charge is -2.18. The zero-order valence-electron chi connectivity index (χ0n) is 27.8. The van der Waals surface area contributed by atoms with Crippen molar-refractivity contribution in [1.29, 1.82) is 0 Å². The minimum Gasteiger partial charge on any atom is -0.456 e. The van der Waals surface area contributed by atoms with Crippen molar-refractivity contribution in [1.82, 2.24) is 0 Å². The highest BCUT2D eigenvalue weighted by molar-refractivity contribution is 6.24. The molecule has 0 aliphatic rings. The number of benzene rings is 8. The Kier molecular flexibility index (Phi) is 3.61. The van der Waals surface area contributed by atoms with E-state index in [9.17, 15) is 0 Å². The van der Waals surface area contributed by atoms with Gasteiger partial charge < -0.3 is 4.42 Å². The molecule has 0 saturated heterocycles. The molecule has 9 aromatic rings. The van der Waals surface area contributed by atoms with Crippen molar-refractivity contribution in [2.45, 2.75) is 0 Å². The molecule has 1 aromatic heterocycles. The molecule has 0 amide bonds. The van der Waals surface area contributed by atoms with E-state index < -0.39 is 12.1 Å². The van der Waals surface area contributed by atoms with E-state index in [2.05, 4.69) is 78.9 Å². The first-order valence-electron chi connectivity index (χ1n) is 16.6. The number of rotatable bonds is 2. The highest BCUT2D eigenvalue weighted by Gasteiger charge is 2.19. The Balaban J connectivity index is 1.40. The summed E-state index contributed by atoms with van der Waals surface area (Å²) in [7, 11) is 0. The normalized spacial score (nSPS) is 14.0. The van der Waals surface area contributed by atoms with E-state index in [1.54, 1.807) is 0 Å². The van der Waals surface area contributed by atoms with Gasteiger partial charge in [-0.1, -0.05) is 121 Å². The van der Waals surface area contributed by atoms with Crippen LogP contribution in [0.4, 0.5) is 0 Å². The van der Waals surface area contributed by atoms with Crippen LogP contribution < -0.4 is 0 Å². The van der Waals surface area contributed by atoms with Crippen molar-refractivity contribution in [2.24, 2.45) is 0 Å². The lowest BCUT2D eigenvalue weighted by Crippen LogP contribution is -1.91. The van der Waals surface area contributed by atoms with Gasteiger partial charge in [0.15, 0.2) is 0 Å². The molecular weight excluding hydrogens is 496 g/mol. The van der Waals surface area contributed by atoms with E-state index in [1.807, 2.05) is 30.3 Å². The largest absolute Gasteiger partial charge is 0.456 e. The van der Waals surface area contributed by atoms with Gasteiger partial charge in [0.05, 0.1) is 8.22 Å². The second-order valence-corrected chi connectivity index (χ2v) is 10.4. The molecule has 190 valence electrons. The summed E-state index contributed by atoms with van der Waals surface area (Å²) in [5, 5.41) is 7.76. The Morgan fingerprint density at radius 2 is 1.05 bits per heavy atom. The molecule has 0 aliphatic heterocycles. The van der Waals surface area contributed by atoms with Gasteiger partial charge in [0, 0.05) is 10.8 Å². The zero-order valence-corrected chi connectivity index (χ0v) is 21.8. The molecule has 1 nitrogen and oxygen atoms in total. The Labute approximate surface area is 245 Å². The summed E-state index contributed by atoms with van der Waals surface area (Å²) in [5.74, 6) is 0. The van der Waals surface area contributed by atoms with Crippen LogP contribution in [-0.4, -0.2) is 0 Å². The second kappa shape index (κ2) is 8.55. The molecule has 0 atom stereocenters. The molecule has 1 heteroatoms. The highest BCUT2D eigenvalue weighted by Crippen LogP contribution is 2.46. The van der Waals surface area contributed by atoms with E-state index in [4.69, 9.17) is 12.6 Å². The molecule has 9 rings (SSSR count). The maximum atomic E-state index is 9.17. The summed E-state index contributed by atoms with van der Waals surface area (Å²) < 4.78 is 57.7. The number of hydrogen-bond acceptors (Lipinski definition) is 1. The molecule has 0 aliphatic carbocycles. The lowest BCUT2D eigenvalue weighted by atomic mass is 9.84. The predicted molar refractivity (Wildman–Crippen MR) is 175 cm³/mol. The third-order valence-corrected chi connectivity index (χ3v) is 8.14. The second-order valence-electron chi connectivity index (χ2n) is 10.4. The molecule has 0 spiro atoms. The molecule has 1 heterocycles. The van der Waals surface area contributed by atoms with Gasteiger partial charge in [0.2, 0.25) is 0 Å². The van der Waals surface area contributed by atoms with Crippen molar-refractivity contribution >= 4 is 65.0 Å². The minimum absolute atomic E-state index is 0.00575. The third kappa shape index (κ3) is 3.30. The first-order chi connectivity index (χ1) is 22.8. The van der Waals surface area contributed by atoms with Gasteiger partial charge in [0.1, 0.15) is 11.2 Å². The smallest absolute Gasteiger partial charge is 0.136 e. The van der Waals surface area contributed by atoms with E-state index in [0.717, 1.165) is 38.2 Å². The van der Waals surface area contributed by atoms with Crippen molar-refractivity contribution in [2.75, 3.05) is 0 Å². The monoisotopic (exact) mass is 526 g/mol. The topological polar surface area (TPSA) is 13.1 Å². The summed E-state index contributed by atoms with van der Waals surface area (Å²) in [6.07, 6.45) is 0. The molecule has 0 radical (unpaired) electrons. The van der Waals surface area contributed by atoms with Gasteiger partial charge in [-0.15, -0.1) is 0 Å². The van der Waals surface area contributed by atoms with Crippen LogP contribution in [0.1, 0.15) is 8.22 Å². The first-order valence-corrected chi connectivity index (χ1v) is 13.6. The van der Waals surface area contributed by atoms with Gasteiger partial charge in [-0.2, -0.15) is 0 Å². The molecule has 0 bridgehead atoms. The van der Waals surface area contributed by atoms with Gasteiger partial charge in [-0.25, -0.2) is 0 Å². The summed E-state index contributed by atoms with van der Waals surface area (Å²) in [4.78, 5) is 0. The number of furan rings is 1.